The average Bonchev–Trinajstić information content (AvgIpc) is 2.33. The highest BCUT2D eigenvalue weighted by Crippen LogP contribution is 2.24. The summed E-state index contributed by atoms with van der Waals surface area (Å²) < 4.78 is 1.24. The molecule has 0 radical (unpaired) electrons. The van der Waals surface area contributed by atoms with Gasteiger partial charge in [0.2, 0.25) is 11.7 Å². The molecule has 0 unspecified atom stereocenters. The van der Waals surface area contributed by atoms with Gasteiger partial charge in [-0.1, -0.05) is 12.1 Å². The van der Waals surface area contributed by atoms with Crippen LogP contribution < -0.4 is 0 Å². The highest BCUT2D eigenvalue weighted by atomic mass is 16.4. The van der Waals surface area contributed by atoms with Gasteiger partial charge in [0.15, 0.2) is 0 Å². The highest BCUT2D eigenvalue weighted by Gasteiger charge is 2.35. The highest BCUT2D eigenvalue weighted by molar-refractivity contribution is 5.77. The second-order valence-corrected chi connectivity index (χ2v) is 4.50. The van der Waals surface area contributed by atoms with Gasteiger partial charge in [-0.25, -0.2) is 9.59 Å². The Labute approximate surface area is 105 Å². The van der Waals surface area contributed by atoms with Crippen molar-refractivity contribution in [1.29, 1.82) is 0 Å². The number of aliphatic carboxylic acids is 1. The van der Waals surface area contributed by atoms with Gasteiger partial charge in [-0.15, -0.1) is 0 Å². The first kappa shape index (κ1) is 12.4. The molecule has 1 aromatic carbocycles. The van der Waals surface area contributed by atoms with Crippen LogP contribution in [0, 0.1) is 13.8 Å². The third-order valence-corrected chi connectivity index (χ3v) is 3.00. The summed E-state index contributed by atoms with van der Waals surface area (Å²) in [6.45, 7) is 3.80. The van der Waals surface area contributed by atoms with E-state index in [1.807, 2.05) is 32.0 Å². The van der Waals surface area contributed by atoms with Crippen LogP contribution in [-0.2, 0) is 9.59 Å². The summed E-state index contributed by atoms with van der Waals surface area (Å²) >= 11 is 0. The van der Waals surface area contributed by atoms with E-state index in [-0.39, 0.29) is 18.7 Å². The summed E-state index contributed by atoms with van der Waals surface area (Å²) in [6, 6.07) is 4.86. The van der Waals surface area contributed by atoms with E-state index in [9.17, 15) is 9.59 Å². The van der Waals surface area contributed by atoms with Crippen molar-refractivity contribution in [2.75, 3.05) is 0 Å². The molecular formula is C13H15N2O3+. The summed E-state index contributed by atoms with van der Waals surface area (Å²) in [5.74, 6) is -1.14. The summed E-state index contributed by atoms with van der Waals surface area (Å²) in [5, 5.41) is 13.0. The minimum atomic E-state index is -0.988. The van der Waals surface area contributed by atoms with Gasteiger partial charge in [-0.3, -0.25) is 0 Å². The lowest BCUT2D eigenvalue weighted by Gasteiger charge is -2.10. The number of nitrogens with zero attached hydrogens (tertiary/aromatic N) is 2. The van der Waals surface area contributed by atoms with Gasteiger partial charge in [-0.2, -0.15) is 0 Å². The number of aryl methyl sites for hydroxylation is 2. The van der Waals surface area contributed by atoms with Crippen molar-refractivity contribution < 1.29 is 19.4 Å². The van der Waals surface area contributed by atoms with Crippen LogP contribution >= 0.6 is 0 Å². The van der Waals surface area contributed by atoms with Gasteiger partial charge in [0.1, 0.15) is 0 Å². The quantitative estimate of drug-likeness (QED) is 0.814. The Hall–Kier alpha value is -2.04. The Morgan fingerprint density at radius 1 is 1.44 bits per heavy atom. The van der Waals surface area contributed by atoms with E-state index >= 15 is 0 Å². The number of azo groups is 2. The maximum absolute atomic E-state index is 11.9. The number of carbonyl (C=O) groups is 2. The SMILES string of the molecule is Cc1ccc(C)c([N+]2=N[C@@H](C(=O)O)CCC2=O)c1. The molecule has 0 aliphatic carbocycles. The molecule has 1 amide bonds. The maximum Gasteiger partial charge on any atom is 0.417 e. The van der Waals surface area contributed by atoms with E-state index in [4.69, 9.17) is 5.11 Å². The Morgan fingerprint density at radius 3 is 2.83 bits per heavy atom. The smallest absolute Gasteiger partial charge is 0.417 e. The van der Waals surface area contributed by atoms with Crippen LogP contribution in [0.4, 0.5) is 5.69 Å². The minimum Gasteiger partial charge on any atom is -0.479 e. The third-order valence-electron chi connectivity index (χ3n) is 3.00. The van der Waals surface area contributed by atoms with E-state index < -0.39 is 12.0 Å². The number of hydrogen-bond donors (Lipinski definition) is 1. The second kappa shape index (κ2) is 4.68. The number of carboxylic acid groups (broad SMARTS) is 1. The van der Waals surface area contributed by atoms with Gasteiger partial charge in [-0.05, 0) is 35.6 Å². The fourth-order valence-corrected chi connectivity index (χ4v) is 1.94. The van der Waals surface area contributed by atoms with Crippen molar-refractivity contribution in [3.05, 3.63) is 29.3 Å². The van der Waals surface area contributed by atoms with Crippen molar-refractivity contribution in [2.45, 2.75) is 32.7 Å². The predicted molar refractivity (Wildman–Crippen MR) is 63.9 cm³/mol. The first-order valence-electron chi connectivity index (χ1n) is 5.83. The van der Waals surface area contributed by atoms with Gasteiger partial charge >= 0.3 is 11.9 Å². The van der Waals surface area contributed by atoms with E-state index in [0.717, 1.165) is 11.1 Å². The van der Waals surface area contributed by atoms with Crippen LogP contribution in [0.5, 0.6) is 0 Å². The van der Waals surface area contributed by atoms with E-state index in [1.165, 1.54) is 4.70 Å². The molecule has 1 heterocycles. The molecule has 0 fully saturated rings. The number of amides is 1. The standard InChI is InChI=1S/C13H14N2O3/c1-8-3-4-9(2)11(7-8)15-12(16)6-5-10(14-15)13(17)18/h3-4,7,10H,5-6H2,1-2H3/p+1/t10-/m1/s1. The summed E-state index contributed by atoms with van der Waals surface area (Å²) in [5.41, 5.74) is 2.59. The first-order valence-corrected chi connectivity index (χ1v) is 5.83. The molecule has 94 valence electrons. The molecule has 5 nitrogen and oxygen atoms in total. The Morgan fingerprint density at radius 2 is 2.17 bits per heavy atom. The molecule has 0 saturated heterocycles. The van der Waals surface area contributed by atoms with Crippen molar-refractivity contribution in [1.82, 2.24) is 0 Å². The van der Waals surface area contributed by atoms with Crippen LogP contribution in [0.25, 0.3) is 0 Å². The number of carboxylic acids is 1. The molecule has 1 atom stereocenters. The van der Waals surface area contributed by atoms with Crippen molar-refractivity contribution in [3.63, 3.8) is 0 Å². The van der Waals surface area contributed by atoms with Gasteiger partial charge < -0.3 is 5.11 Å². The van der Waals surface area contributed by atoms with Gasteiger partial charge in [0, 0.05) is 11.6 Å². The molecule has 2 rings (SSSR count). The molecule has 1 aliphatic rings. The fourth-order valence-electron chi connectivity index (χ4n) is 1.94. The van der Waals surface area contributed by atoms with E-state index in [2.05, 4.69) is 5.11 Å². The van der Waals surface area contributed by atoms with E-state index in [1.54, 1.807) is 0 Å². The van der Waals surface area contributed by atoms with E-state index in [0.29, 0.717) is 5.69 Å². The molecule has 18 heavy (non-hydrogen) atoms. The monoisotopic (exact) mass is 247 g/mol. The topological polar surface area (TPSA) is 69.7 Å². The molecular weight excluding hydrogens is 232 g/mol. The summed E-state index contributed by atoms with van der Waals surface area (Å²) in [6.07, 6.45) is 0.489. The first-order chi connectivity index (χ1) is 8.49. The van der Waals surface area contributed by atoms with Crippen LogP contribution in [0.15, 0.2) is 23.3 Å². The van der Waals surface area contributed by atoms with Crippen molar-refractivity contribution >= 4 is 17.6 Å². The molecule has 0 bridgehead atoms. The molecule has 1 aliphatic heterocycles. The Kier molecular flexibility index (Phi) is 3.23. The third kappa shape index (κ3) is 2.30. The zero-order valence-electron chi connectivity index (χ0n) is 10.4. The van der Waals surface area contributed by atoms with Crippen molar-refractivity contribution in [2.24, 2.45) is 5.11 Å². The maximum atomic E-state index is 11.9. The molecule has 1 N–H and O–H groups in total. The second-order valence-electron chi connectivity index (χ2n) is 4.50. The lowest BCUT2D eigenvalue weighted by Crippen LogP contribution is -2.30. The van der Waals surface area contributed by atoms with Crippen LogP contribution in [-0.4, -0.2) is 27.7 Å². The van der Waals surface area contributed by atoms with Gasteiger partial charge in [0.25, 0.3) is 0 Å². The number of hydrogen-bond acceptors (Lipinski definition) is 3. The minimum absolute atomic E-state index is 0.152. The summed E-state index contributed by atoms with van der Waals surface area (Å²) in [7, 11) is 0. The molecule has 5 heteroatoms. The lowest BCUT2D eigenvalue weighted by atomic mass is 10.1. The average molecular weight is 247 g/mol. The molecule has 1 aromatic rings. The zero-order chi connectivity index (χ0) is 13.3. The van der Waals surface area contributed by atoms with Crippen LogP contribution in [0.2, 0.25) is 0 Å². The normalized spacial score (nSPS) is 19.6. The predicted octanol–water partition coefficient (Wildman–Crippen LogP) is 2.17. The zero-order valence-corrected chi connectivity index (χ0v) is 10.4. The fraction of sp³-hybridized carbons (Fsp3) is 0.385. The Balaban J connectivity index is 2.49. The van der Waals surface area contributed by atoms with Gasteiger partial charge in [0.05, 0.1) is 6.42 Å². The molecule has 0 saturated carbocycles. The number of carbonyl (C=O) groups excluding carboxylic acids is 1. The van der Waals surface area contributed by atoms with Crippen LogP contribution in [0.1, 0.15) is 24.0 Å². The van der Waals surface area contributed by atoms with Crippen LogP contribution in [0.3, 0.4) is 0 Å². The Bertz CT molecular complexity index is 549. The summed E-state index contributed by atoms with van der Waals surface area (Å²) in [4.78, 5) is 22.8. The number of benzene rings is 1. The molecule has 0 spiro atoms. The molecule has 0 aromatic heterocycles. The van der Waals surface area contributed by atoms with Crippen molar-refractivity contribution in [3.8, 4) is 0 Å². The number of rotatable bonds is 2. The lowest BCUT2D eigenvalue weighted by molar-refractivity contribution is -0.444. The largest absolute Gasteiger partial charge is 0.479 e.